The van der Waals surface area contributed by atoms with Gasteiger partial charge in [0.05, 0.1) is 6.10 Å². The van der Waals surface area contributed by atoms with Crippen molar-refractivity contribution < 1.29 is 17.9 Å². The molecule has 102 valence electrons. The Kier molecular flexibility index (Phi) is 5.73. The Labute approximate surface area is 101 Å². The minimum Gasteiger partial charge on any atom is -0.369 e. The van der Waals surface area contributed by atoms with Crippen LogP contribution in [0, 0.1) is 0 Å². The molecular formula is C12H22F3NO. The molecule has 0 spiro atoms. The van der Waals surface area contributed by atoms with Gasteiger partial charge in [0, 0.05) is 12.1 Å². The summed E-state index contributed by atoms with van der Waals surface area (Å²) in [6.45, 7) is 3.08. The Bertz CT molecular complexity index is 220. The minimum atomic E-state index is -4.21. The van der Waals surface area contributed by atoms with Crippen LogP contribution in [-0.4, -0.2) is 31.0 Å². The van der Waals surface area contributed by atoms with Crippen LogP contribution in [0.25, 0.3) is 0 Å². The van der Waals surface area contributed by atoms with Gasteiger partial charge in [-0.3, -0.25) is 0 Å². The zero-order chi connectivity index (χ0) is 12.9. The molecule has 0 radical (unpaired) electrons. The second-order valence-corrected chi connectivity index (χ2v) is 4.89. The average molecular weight is 253 g/mol. The molecule has 0 heterocycles. The molecule has 1 fully saturated rings. The molecule has 0 saturated heterocycles. The van der Waals surface area contributed by atoms with Crippen LogP contribution in [0.15, 0.2) is 0 Å². The molecule has 1 rings (SSSR count). The second kappa shape index (κ2) is 6.59. The van der Waals surface area contributed by atoms with Crippen LogP contribution in [0.5, 0.6) is 0 Å². The van der Waals surface area contributed by atoms with Crippen molar-refractivity contribution in [2.24, 2.45) is 0 Å². The predicted octanol–water partition coefficient (Wildman–Crippen LogP) is 3.26. The summed E-state index contributed by atoms with van der Waals surface area (Å²) in [7, 11) is 0. The van der Waals surface area contributed by atoms with E-state index in [1.54, 1.807) is 0 Å². The van der Waals surface area contributed by atoms with E-state index in [1.807, 2.05) is 0 Å². The molecule has 0 bridgehead atoms. The van der Waals surface area contributed by atoms with Gasteiger partial charge in [0.15, 0.2) is 0 Å². The van der Waals surface area contributed by atoms with E-state index in [9.17, 15) is 13.2 Å². The van der Waals surface area contributed by atoms with Crippen molar-refractivity contribution in [2.45, 2.75) is 70.3 Å². The Balaban J connectivity index is 2.28. The van der Waals surface area contributed by atoms with Crippen molar-refractivity contribution >= 4 is 0 Å². The SMILES string of the molecule is CCC(C)NC1CCCC(OCC(F)(F)F)C1. The molecule has 17 heavy (non-hydrogen) atoms. The number of ether oxygens (including phenoxy) is 1. The molecule has 1 aliphatic rings. The molecular weight excluding hydrogens is 231 g/mol. The zero-order valence-electron chi connectivity index (χ0n) is 10.5. The topological polar surface area (TPSA) is 21.3 Å². The third kappa shape index (κ3) is 6.27. The van der Waals surface area contributed by atoms with Gasteiger partial charge in [-0.1, -0.05) is 6.92 Å². The van der Waals surface area contributed by atoms with Gasteiger partial charge in [-0.05, 0) is 39.0 Å². The molecule has 1 aliphatic carbocycles. The van der Waals surface area contributed by atoms with Crippen molar-refractivity contribution in [1.82, 2.24) is 5.32 Å². The van der Waals surface area contributed by atoms with Gasteiger partial charge in [-0.2, -0.15) is 13.2 Å². The summed E-state index contributed by atoms with van der Waals surface area (Å²) in [5.74, 6) is 0. The molecule has 0 aliphatic heterocycles. The van der Waals surface area contributed by atoms with Gasteiger partial charge < -0.3 is 10.1 Å². The first kappa shape index (κ1) is 14.8. The van der Waals surface area contributed by atoms with Crippen LogP contribution in [-0.2, 0) is 4.74 Å². The van der Waals surface area contributed by atoms with Crippen molar-refractivity contribution in [3.8, 4) is 0 Å². The van der Waals surface area contributed by atoms with Crippen molar-refractivity contribution in [1.29, 1.82) is 0 Å². The van der Waals surface area contributed by atoms with E-state index in [2.05, 4.69) is 19.2 Å². The van der Waals surface area contributed by atoms with E-state index in [-0.39, 0.29) is 6.10 Å². The lowest BCUT2D eigenvalue weighted by Crippen LogP contribution is -2.42. The summed E-state index contributed by atoms with van der Waals surface area (Å²) in [4.78, 5) is 0. The Morgan fingerprint density at radius 1 is 1.35 bits per heavy atom. The van der Waals surface area contributed by atoms with Crippen LogP contribution in [0.4, 0.5) is 13.2 Å². The quantitative estimate of drug-likeness (QED) is 0.812. The fraction of sp³-hybridized carbons (Fsp3) is 1.00. The Morgan fingerprint density at radius 3 is 2.65 bits per heavy atom. The molecule has 3 atom stereocenters. The van der Waals surface area contributed by atoms with Gasteiger partial charge in [0.1, 0.15) is 6.61 Å². The number of nitrogens with one attached hydrogen (secondary N) is 1. The molecule has 1 N–H and O–H groups in total. The summed E-state index contributed by atoms with van der Waals surface area (Å²) >= 11 is 0. The van der Waals surface area contributed by atoms with Gasteiger partial charge in [0.2, 0.25) is 0 Å². The molecule has 2 nitrogen and oxygen atoms in total. The Morgan fingerprint density at radius 2 is 2.06 bits per heavy atom. The zero-order valence-corrected chi connectivity index (χ0v) is 10.5. The largest absolute Gasteiger partial charge is 0.411 e. The van der Waals surface area contributed by atoms with E-state index >= 15 is 0 Å². The smallest absolute Gasteiger partial charge is 0.369 e. The van der Waals surface area contributed by atoms with E-state index in [0.29, 0.717) is 18.5 Å². The molecule has 1 saturated carbocycles. The highest BCUT2D eigenvalue weighted by Gasteiger charge is 2.31. The monoisotopic (exact) mass is 253 g/mol. The maximum atomic E-state index is 12.0. The number of alkyl halides is 3. The highest BCUT2D eigenvalue weighted by atomic mass is 19.4. The van der Waals surface area contributed by atoms with Gasteiger partial charge in [-0.25, -0.2) is 0 Å². The second-order valence-electron chi connectivity index (χ2n) is 4.89. The number of rotatable bonds is 5. The molecule has 0 amide bonds. The van der Waals surface area contributed by atoms with Crippen molar-refractivity contribution in [3.05, 3.63) is 0 Å². The summed E-state index contributed by atoms with van der Waals surface area (Å²) in [6.07, 6.45) is -0.00381. The highest BCUT2D eigenvalue weighted by molar-refractivity contribution is 4.80. The summed E-state index contributed by atoms with van der Waals surface area (Å²) in [5.41, 5.74) is 0. The first-order valence-corrected chi connectivity index (χ1v) is 6.35. The van der Waals surface area contributed by atoms with E-state index < -0.39 is 12.8 Å². The van der Waals surface area contributed by atoms with Gasteiger partial charge in [-0.15, -0.1) is 0 Å². The van der Waals surface area contributed by atoms with Crippen LogP contribution in [0.3, 0.4) is 0 Å². The number of halogens is 3. The maximum absolute atomic E-state index is 12.0. The third-order valence-corrected chi connectivity index (χ3v) is 3.24. The molecule has 5 heteroatoms. The standard InChI is InChI=1S/C12H22F3NO/c1-3-9(2)16-10-5-4-6-11(7-10)17-8-12(13,14)15/h9-11,16H,3-8H2,1-2H3. The van der Waals surface area contributed by atoms with E-state index in [4.69, 9.17) is 4.74 Å². The number of hydrogen-bond donors (Lipinski definition) is 1. The van der Waals surface area contributed by atoms with Crippen molar-refractivity contribution in [3.63, 3.8) is 0 Å². The van der Waals surface area contributed by atoms with E-state index in [1.165, 1.54) is 0 Å². The van der Waals surface area contributed by atoms with Crippen LogP contribution in [0.2, 0.25) is 0 Å². The predicted molar refractivity (Wildman–Crippen MR) is 60.9 cm³/mol. The lowest BCUT2D eigenvalue weighted by Gasteiger charge is -2.31. The fourth-order valence-corrected chi connectivity index (χ4v) is 2.18. The highest BCUT2D eigenvalue weighted by Crippen LogP contribution is 2.24. The number of hydrogen-bond acceptors (Lipinski definition) is 2. The summed E-state index contributed by atoms with van der Waals surface area (Å²) < 4.78 is 41.0. The fourth-order valence-electron chi connectivity index (χ4n) is 2.18. The lowest BCUT2D eigenvalue weighted by molar-refractivity contribution is -0.188. The van der Waals surface area contributed by atoms with Crippen molar-refractivity contribution in [2.75, 3.05) is 6.61 Å². The third-order valence-electron chi connectivity index (χ3n) is 3.24. The first-order valence-electron chi connectivity index (χ1n) is 6.35. The minimum absolute atomic E-state index is 0.244. The Hall–Kier alpha value is -0.290. The van der Waals surface area contributed by atoms with Gasteiger partial charge >= 0.3 is 6.18 Å². The van der Waals surface area contributed by atoms with Crippen LogP contribution in [0.1, 0.15) is 46.0 Å². The normalized spacial score (nSPS) is 28.1. The van der Waals surface area contributed by atoms with E-state index in [0.717, 1.165) is 25.7 Å². The molecule has 0 aromatic heterocycles. The molecule has 0 aromatic rings. The lowest BCUT2D eigenvalue weighted by atomic mass is 9.92. The average Bonchev–Trinajstić information content (AvgIpc) is 2.26. The van der Waals surface area contributed by atoms with Crippen LogP contribution < -0.4 is 5.32 Å². The van der Waals surface area contributed by atoms with Gasteiger partial charge in [0.25, 0.3) is 0 Å². The maximum Gasteiger partial charge on any atom is 0.411 e. The summed E-state index contributed by atoms with van der Waals surface area (Å²) in [5, 5.41) is 3.43. The molecule has 3 unspecified atom stereocenters. The molecule has 0 aromatic carbocycles. The first-order chi connectivity index (χ1) is 7.90. The van der Waals surface area contributed by atoms with Crippen LogP contribution >= 0.6 is 0 Å². The summed E-state index contributed by atoms with van der Waals surface area (Å²) in [6, 6.07) is 0.721.